The topological polar surface area (TPSA) is 46.5 Å². The van der Waals surface area contributed by atoms with Crippen molar-refractivity contribution in [1.29, 1.82) is 0 Å². The molecule has 5 heteroatoms. The molecule has 0 saturated heterocycles. The van der Waals surface area contributed by atoms with Gasteiger partial charge in [0.05, 0.1) is 10.8 Å². The number of carboxylic acid groups (broad SMARTS) is 1. The molecule has 0 spiro atoms. The third-order valence-corrected chi connectivity index (χ3v) is 4.62. The number of rotatable bonds is 7. The average Bonchev–Trinajstić information content (AvgIpc) is 2.92. The average molecular weight is 294 g/mol. The van der Waals surface area contributed by atoms with Crippen molar-refractivity contribution < 1.29 is 14.6 Å². The van der Waals surface area contributed by atoms with Crippen LogP contribution < -0.4 is 4.74 Å². The molecule has 3 nitrogen and oxygen atoms in total. The fourth-order valence-corrected chi connectivity index (χ4v) is 3.30. The zero-order valence-corrected chi connectivity index (χ0v) is 11.9. The highest BCUT2D eigenvalue weighted by molar-refractivity contribution is 8.01. The predicted octanol–water partition coefficient (Wildman–Crippen LogP) is 4.01. The molecule has 0 fully saturated rings. The maximum Gasteiger partial charge on any atom is 0.339 e. The first-order valence-corrected chi connectivity index (χ1v) is 7.75. The van der Waals surface area contributed by atoms with Crippen LogP contribution in [0.1, 0.15) is 16.8 Å². The van der Waals surface area contributed by atoms with E-state index in [0.29, 0.717) is 12.4 Å². The minimum atomic E-state index is -0.955. The number of para-hydroxylation sites is 1. The van der Waals surface area contributed by atoms with Crippen molar-refractivity contribution in [3.05, 3.63) is 47.3 Å². The van der Waals surface area contributed by atoms with Crippen molar-refractivity contribution in [2.45, 2.75) is 10.6 Å². The van der Waals surface area contributed by atoms with Crippen molar-refractivity contribution in [2.75, 3.05) is 12.4 Å². The summed E-state index contributed by atoms with van der Waals surface area (Å²) in [5.74, 6) is 0.454. The molecule has 100 valence electrons. The lowest BCUT2D eigenvalue weighted by atomic mass is 10.2. The molecule has 19 heavy (non-hydrogen) atoms. The summed E-state index contributed by atoms with van der Waals surface area (Å²) in [6.07, 6.45) is 0.885. The van der Waals surface area contributed by atoms with Gasteiger partial charge >= 0.3 is 5.97 Å². The molecular formula is C14H14O3S2. The SMILES string of the molecule is O=C(O)c1ccccc1OCCCSc1cccs1. The summed E-state index contributed by atoms with van der Waals surface area (Å²) < 4.78 is 6.82. The van der Waals surface area contributed by atoms with Crippen LogP contribution in [-0.4, -0.2) is 23.4 Å². The molecule has 0 amide bonds. The lowest BCUT2D eigenvalue weighted by molar-refractivity contribution is 0.0692. The highest BCUT2D eigenvalue weighted by atomic mass is 32.2. The van der Waals surface area contributed by atoms with Crippen LogP contribution in [0, 0.1) is 0 Å². The number of ether oxygens (including phenoxy) is 1. The van der Waals surface area contributed by atoms with Crippen molar-refractivity contribution >= 4 is 29.1 Å². The summed E-state index contributed by atoms with van der Waals surface area (Å²) in [5, 5.41) is 11.1. The minimum absolute atomic E-state index is 0.216. The molecule has 1 heterocycles. The van der Waals surface area contributed by atoms with Gasteiger partial charge in [0.2, 0.25) is 0 Å². The second kappa shape index (κ2) is 7.21. The number of aromatic carboxylic acids is 1. The number of benzene rings is 1. The molecule has 2 rings (SSSR count). The Bertz CT molecular complexity index is 523. The van der Waals surface area contributed by atoms with E-state index in [1.807, 2.05) is 6.07 Å². The van der Waals surface area contributed by atoms with Crippen LogP contribution in [-0.2, 0) is 0 Å². The number of hydrogen-bond donors (Lipinski definition) is 1. The van der Waals surface area contributed by atoms with E-state index in [0.717, 1.165) is 12.2 Å². The van der Waals surface area contributed by atoms with E-state index >= 15 is 0 Å². The third-order valence-electron chi connectivity index (χ3n) is 2.40. The van der Waals surface area contributed by atoms with Gasteiger partial charge < -0.3 is 9.84 Å². The van der Waals surface area contributed by atoms with Gasteiger partial charge in [-0.2, -0.15) is 0 Å². The first-order chi connectivity index (χ1) is 9.27. The van der Waals surface area contributed by atoms with E-state index in [9.17, 15) is 4.79 Å². The second-order valence-corrected chi connectivity index (χ2v) is 6.13. The van der Waals surface area contributed by atoms with Gasteiger partial charge in [-0.3, -0.25) is 0 Å². The minimum Gasteiger partial charge on any atom is -0.493 e. The van der Waals surface area contributed by atoms with E-state index in [1.165, 1.54) is 4.21 Å². The third kappa shape index (κ3) is 4.29. The lowest BCUT2D eigenvalue weighted by Gasteiger charge is -2.08. The number of carbonyl (C=O) groups is 1. The van der Waals surface area contributed by atoms with Crippen LogP contribution >= 0.6 is 23.1 Å². The molecule has 0 radical (unpaired) electrons. The van der Waals surface area contributed by atoms with Crippen LogP contribution in [0.2, 0.25) is 0 Å². The summed E-state index contributed by atoms with van der Waals surface area (Å²) in [5.41, 5.74) is 0.216. The molecule has 0 aliphatic carbocycles. The summed E-state index contributed by atoms with van der Waals surface area (Å²) in [7, 11) is 0. The summed E-state index contributed by atoms with van der Waals surface area (Å²) in [4.78, 5) is 11.0. The number of hydrogen-bond acceptors (Lipinski definition) is 4. The molecule has 0 saturated carbocycles. The van der Waals surface area contributed by atoms with Crippen molar-refractivity contribution in [3.8, 4) is 5.75 Å². The molecule has 0 aliphatic heterocycles. The quantitative estimate of drug-likeness (QED) is 0.619. The van der Waals surface area contributed by atoms with Crippen LogP contribution in [0.15, 0.2) is 46.0 Å². The van der Waals surface area contributed by atoms with Crippen molar-refractivity contribution in [2.24, 2.45) is 0 Å². The molecular weight excluding hydrogens is 280 g/mol. The van der Waals surface area contributed by atoms with Gasteiger partial charge in [0, 0.05) is 5.75 Å². The molecule has 0 aliphatic rings. The smallest absolute Gasteiger partial charge is 0.339 e. The number of carboxylic acids is 1. The Morgan fingerprint density at radius 1 is 1.26 bits per heavy atom. The van der Waals surface area contributed by atoms with Crippen LogP contribution in [0.3, 0.4) is 0 Å². The zero-order valence-electron chi connectivity index (χ0n) is 10.2. The van der Waals surface area contributed by atoms with Crippen LogP contribution in [0.5, 0.6) is 5.75 Å². The summed E-state index contributed by atoms with van der Waals surface area (Å²) >= 11 is 3.52. The van der Waals surface area contributed by atoms with Crippen molar-refractivity contribution in [3.63, 3.8) is 0 Å². The Balaban J connectivity index is 1.75. The molecule has 1 aromatic heterocycles. The largest absolute Gasteiger partial charge is 0.493 e. The maximum atomic E-state index is 11.0. The monoisotopic (exact) mass is 294 g/mol. The Kier molecular flexibility index (Phi) is 5.30. The van der Waals surface area contributed by atoms with Crippen LogP contribution in [0.4, 0.5) is 0 Å². The van der Waals surface area contributed by atoms with Gasteiger partial charge in [0.1, 0.15) is 11.3 Å². The summed E-state index contributed by atoms with van der Waals surface area (Å²) in [6.45, 7) is 0.530. The fourth-order valence-electron chi connectivity index (χ4n) is 1.53. The molecule has 1 aromatic carbocycles. The standard InChI is InChI=1S/C14H14O3S2/c15-14(16)11-5-1-2-6-12(11)17-8-4-10-19-13-7-3-9-18-13/h1-3,5-7,9H,4,8,10H2,(H,15,16). The Morgan fingerprint density at radius 3 is 2.84 bits per heavy atom. The molecule has 0 atom stereocenters. The highest BCUT2D eigenvalue weighted by Gasteiger charge is 2.09. The highest BCUT2D eigenvalue weighted by Crippen LogP contribution is 2.24. The van der Waals surface area contributed by atoms with Gasteiger partial charge in [-0.25, -0.2) is 4.79 Å². The Morgan fingerprint density at radius 2 is 2.11 bits per heavy atom. The second-order valence-electron chi connectivity index (χ2n) is 3.78. The predicted molar refractivity (Wildman–Crippen MR) is 78.6 cm³/mol. The van der Waals surface area contributed by atoms with Gasteiger partial charge in [-0.1, -0.05) is 18.2 Å². The number of thioether (sulfide) groups is 1. The normalized spacial score (nSPS) is 10.3. The van der Waals surface area contributed by atoms with Gasteiger partial charge in [0.25, 0.3) is 0 Å². The van der Waals surface area contributed by atoms with E-state index < -0.39 is 5.97 Å². The van der Waals surface area contributed by atoms with Gasteiger partial charge in [-0.15, -0.1) is 23.1 Å². The Hall–Kier alpha value is -1.46. The number of thiophene rings is 1. The zero-order chi connectivity index (χ0) is 13.5. The van der Waals surface area contributed by atoms with E-state index in [4.69, 9.17) is 9.84 Å². The molecule has 0 unspecified atom stereocenters. The van der Waals surface area contributed by atoms with Gasteiger partial charge in [0.15, 0.2) is 0 Å². The van der Waals surface area contributed by atoms with E-state index in [1.54, 1.807) is 47.4 Å². The van der Waals surface area contributed by atoms with Gasteiger partial charge in [-0.05, 0) is 30.0 Å². The first kappa shape index (κ1) is 14.0. The first-order valence-electron chi connectivity index (χ1n) is 5.89. The molecule has 1 N–H and O–H groups in total. The fraction of sp³-hybridized carbons (Fsp3) is 0.214. The Labute approximate surface area is 120 Å². The van der Waals surface area contributed by atoms with E-state index in [2.05, 4.69) is 11.4 Å². The van der Waals surface area contributed by atoms with E-state index in [-0.39, 0.29) is 5.56 Å². The summed E-state index contributed by atoms with van der Waals surface area (Å²) in [6, 6.07) is 10.8. The molecule has 2 aromatic rings. The lowest BCUT2D eigenvalue weighted by Crippen LogP contribution is -2.04. The van der Waals surface area contributed by atoms with Crippen LogP contribution in [0.25, 0.3) is 0 Å². The van der Waals surface area contributed by atoms with Crippen molar-refractivity contribution in [1.82, 2.24) is 0 Å². The molecule has 0 bridgehead atoms. The maximum absolute atomic E-state index is 11.0.